The van der Waals surface area contributed by atoms with E-state index in [1.807, 2.05) is 25.1 Å². The van der Waals surface area contributed by atoms with Crippen LogP contribution in [0.1, 0.15) is 11.1 Å². The zero-order valence-electron chi connectivity index (χ0n) is 9.42. The molecule has 1 heterocycles. The first-order chi connectivity index (χ1) is 8.20. The monoisotopic (exact) mass is 246 g/mol. The van der Waals surface area contributed by atoms with Crippen LogP contribution in [0.3, 0.4) is 0 Å². The highest BCUT2D eigenvalue weighted by atomic mass is 35.5. The molecule has 0 bridgehead atoms. The van der Waals surface area contributed by atoms with Gasteiger partial charge in [-0.3, -0.25) is 0 Å². The van der Waals surface area contributed by atoms with Gasteiger partial charge in [-0.05, 0) is 24.6 Å². The van der Waals surface area contributed by atoms with Crippen molar-refractivity contribution >= 4 is 22.6 Å². The highest BCUT2D eigenvalue weighted by Gasteiger charge is 2.04. The molecule has 0 atom stereocenters. The maximum atomic E-state index is 11.4. The van der Waals surface area contributed by atoms with E-state index in [1.165, 1.54) is 6.07 Å². The van der Waals surface area contributed by atoms with Gasteiger partial charge in [-0.2, -0.15) is 0 Å². The molecule has 0 aliphatic heterocycles. The van der Waals surface area contributed by atoms with E-state index in [4.69, 9.17) is 16.0 Å². The third-order valence-corrected chi connectivity index (χ3v) is 2.59. The molecule has 2 nitrogen and oxygen atoms in total. The van der Waals surface area contributed by atoms with Crippen molar-refractivity contribution in [3.8, 4) is 11.8 Å². The Bertz CT molecular complexity index is 659. The summed E-state index contributed by atoms with van der Waals surface area (Å²) >= 11 is 5.49. The fourth-order valence-electron chi connectivity index (χ4n) is 1.69. The van der Waals surface area contributed by atoms with Gasteiger partial charge in [0, 0.05) is 17.9 Å². The maximum Gasteiger partial charge on any atom is 0.336 e. The van der Waals surface area contributed by atoms with E-state index in [9.17, 15) is 4.79 Å². The molecule has 1 aromatic heterocycles. The number of benzene rings is 1. The summed E-state index contributed by atoms with van der Waals surface area (Å²) in [6.45, 7) is 2.00. The predicted molar refractivity (Wildman–Crippen MR) is 69.4 cm³/mol. The van der Waals surface area contributed by atoms with Crippen LogP contribution < -0.4 is 5.63 Å². The lowest BCUT2D eigenvalue weighted by molar-refractivity contribution is 0.559. The third kappa shape index (κ3) is 2.69. The summed E-state index contributed by atoms with van der Waals surface area (Å²) in [5.74, 6) is 6.01. The zero-order chi connectivity index (χ0) is 12.3. The maximum absolute atomic E-state index is 11.4. The Hall–Kier alpha value is -1.72. The molecular weight excluding hydrogens is 236 g/mol. The van der Waals surface area contributed by atoms with Crippen LogP contribution in [0.5, 0.6) is 0 Å². The number of hydrogen-bond donors (Lipinski definition) is 0. The Labute approximate surface area is 104 Å². The molecule has 2 rings (SSSR count). The van der Waals surface area contributed by atoms with Crippen molar-refractivity contribution in [1.82, 2.24) is 0 Å². The van der Waals surface area contributed by atoms with Crippen molar-refractivity contribution in [3.63, 3.8) is 0 Å². The van der Waals surface area contributed by atoms with E-state index in [2.05, 4.69) is 11.8 Å². The topological polar surface area (TPSA) is 30.2 Å². The van der Waals surface area contributed by atoms with Gasteiger partial charge in [0.05, 0.1) is 5.88 Å². The van der Waals surface area contributed by atoms with E-state index < -0.39 is 0 Å². The van der Waals surface area contributed by atoms with E-state index in [-0.39, 0.29) is 5.63 Å². The van der Waals surface area contributed by atoms with Crippen molar-refractivity contribution in [2.24, 2.45) is 0 Å². The summed E-state index contributed by atoms with van der Waals surface area (Å²) in [7, 11) is 0. The van der Waals surface area contributed by atoms with Crippen LogP contribution in [0.4, 0.5) is 0 Å². The Morgan fingerprint density at radius 3 is 2.88 bits per heavy atom. The zero-order valence-corrected chi connectivity index (χ0v) is 10.2. The molecule has 0 unspecified atom stereocenters. The molecule has 86 valence electrons. The molecule has 2 aromatic rings. The number of fused-ring (bicyclic) bond motifs is 1. The summed E-state index contributed by atoms with van der Waals surface area (Å²) in [5.41, 5.74) is 2.27. The average molecular weight is 247 g/mol. The highest BCUT2D eigenvalue weighted by molar-refractivity contribution is 6.19. The largest absolute Gasteiger partial charge is 0.423 e. The highest BCUT2D eigenvalue weighted by Crippen LogP contribution is 2.18. The molecular formula is C14H11ClO2. The fraction of sp³-hybridized carbons (Fsp3) is 0.214. The van der Waals surface area contributed by atoms with E-state index in [0.717, 1.165) is 16.5 Å². The number of aryl methyl sites for hydroxylation is 1. The summed E-state index contributed by atoms with van der Waals surface area (Å²) in [6, 6.07) is 7.21. The molecule has 0 fully saturated rings. The van der Waals surface area contributed by atoms with Gasteiger partial charge in [0.25, 0.3) is 0 Å². The van der Waals surface area contributed by atoms with E-state index in [1.54, 1.807) is 0 Å². The lowest BCUT2D eigenvalue weighted by atomic mass is 10.1. The molecule has 0 saturated heterocycles. The quantitative estimate of drug-likeness (QED) is 0.440. The lowest BCUT2D eigenvalue weighted by Gasteiger charge is -2.02. The summed E-state index contributed by atoms with van der Waals surface area (Å²) in [5, 5.41) is 0.938. The third-order valence-electron chi connectivity index (χ3n) is 2.45. The van der Waals surface area contributed by atoms with Gasteiger partial charge < -0.3 is 4.42 Å². The minimum absolute atomic E-state index is 0.304. The van der Waals surface area contributed by atoms with E-state index >= 15 is 0 Å². The molecule has 0 aliphatic rings. The van der Waals surface area contributed by atoms with Crippen LogP contribution in [0.15, 0.2) is 33.5 Å². The molecule has 3 heteroatoms. The first kappa shape index (κ1) is 11.8. The Morgan fingerprint density at radius 1 is 1.29 bits per heavy atom. The van der Waals surface area contributed by atoms with Crippen LogP contribution in [-0.4, -0.2) is 5.88 Å². The SMILES string of the molecule is Cc1ccc2oc(=O)cc(CC#CCCl)c2c1. The molecule has 1 aromatic carbocycles. The van der Waals surface area contributed by atoms with Crippen LogP contribution in [0, 0.1) is 18.8 Å². The van der Waals surface area contributed by atoms with Gasteiger partial charge in [-0.25, -0.2) is 4.79 Å². The summed E-state index contributed by atoms with van der Waals surface area (Å²) in [4.78, 5) is 11.4. The van der Waals surface area contributed by atoms with Gasteiger partial charge in [0.1, 0.15) is 5.58 Å². The Balaban J connectivity index is 2.59. The van der Waals surface area contributed by atoms with Gasteiger partial charge in [-0.15, -0.1) is 11.6 Å². The minimum Gasteiger partial charge on any atom is -0.423 e. The molecule has 17 heavy (non-hydrogen) atoms. The summed E-state index contributed by atoms with van der Waals surface area (Å²) in [6.07, 6.45) is 0.512. The number of rotatable bonds is 1. The van der Waals surface area contributed by atoms with Crippen molar-refractivity contribution in [2.45, 2.75) is 13.3 Å². The molecule has 0 aliphatic carbocycles. The number of alkyl halides is 1. The van der Waals surface area contributed by atoms with Crippen molar-refractivity contribution < 1.29 is 4.42 Å². The Kier molecular flexibility index (Phi) is 3.51. The molecule has 0 saturated carbocycles. The van der Waals surface area contributed by atoms with Gasteiger partial charge in [0.2, 0.25) is 0 Å². The van der Waals surface area contributed by atoms with Crippen LogP contribution in [0.2, 0.25) is 0 Å². The van der Waals surface area contributed by atoms with Crippen molar-refractivity contribution in [2.75, 3.05) is 5.88 Å². The minimum atomic E-state index is -0.343. The van der Waals surface area contributed by atoms with Gasteiger partial charge in [0.15, 0.2) is 0 Å². The first-order valence-corrected chi connectivity index (χ1v) is 5.79. The number of hydrogen-bond acceptors (Lipinski definition) is 2. The van der Waals surface area contributed by atoms with Crippen molar-refractivity contribution in [1.29, 1.82) is 0 Å². The first-order valence-electron chi connectivity index (χ1n) is 5.26. The van der Waals surface area contributed by atoms with Gasteiger partial charge in [-0.1, -0.05) is 23.5 Å². The smallest absolute Gasteiger partial charge is 0.336 e. The molecule has 0 spiro atoms. The molecule has 0 amide bonds. The Morgan fingerprint density at radius 2 is 2.12 bits per heavy atom. The normalized spacial score (nSPS) is 10.0. The number of halogens is 1. The second kappa shape index (κ2) is 5.07. The van der Waals surface area contributed by atoms with E-state index in [0.29, 0.717) is 17.9 Å². The molecule has 0 radical (unpaired) electrons. The standard InChI is InChI=1S/C14H11ClO2/c1-10-5-6-13-12(8-10)11(4-2-3-7-15)9-14(16)17-13/h5-6,8-9H,4,7H2,1H3. The van der Waals surface area contributed by atoms with Crippen molar-refractivity contribution in [3.05, 3.63) is 45.8 Å². The second-order valence-corrected chi connectivity index (χ2v) is 4.02. The lowest BCUT2D eigenvalue weighted by Crippen LogP contribution is -2.00. The predicted octanol–water partition coefficient (Wildman–Crippen LogP) is 2.89. The average Bonchev–Trinajstić information content (AvgIpc) is 2.30. The van der Waals surface area contributed by atoms with Crippen LogP contribution >= 0.6 is 11.6 Å². The summed E-state index contributed by atoms with van der Waals surface area (Å²) < 4.78 is 5.13. The second-order valence-electron chi connectivity index (χ2n) is 3.75. The van der Waals surface area contributed by atoms with Crippen LogP contribution in [0.25, 0.3) is 11.0 Å². The van der Waals surface area contributed by atoms with Crippen LogP contribution in [-0.2, 0) is 6.42 Å². The molecule has 0 N–H and O–H groups in total. The fourth-order valence-corrected chi connectivity index (χ4v) is 1.79. The van der Waals surface area contributed by atoms with Gasteiger partial charge >= 0.3 is 5.63 Å².